The monoisotopic (exact) mass is 513 g/mol. The zero-order valence-electron chi connectivity index (χ0n) is 21.1. The van der Waals surface area contributed by atoms with Gasteiger partial charge in [-0.3, -0.25) is 4.57 Å². The van der Waals surface area contributed by atoms with E-state index in [0.29, 0.717) is 5.11 Å². The van der Waals surface area contributed by atoms with Gasteiger partial charge in [-0.1, -0.05) is 67.8 Å². The van der Waals surface area contributed by atoms with Crippen LogP contribution in [0.4, 0.5) is 5.69 Å². The van der Waals surface area contributed by atoms with Crippen molar-refractivity contribution in [2.75, 3.05) is 18.5 Å². The van der Waals surface area contributed by atoms with Gasteiger partial charge in [0.1, 0.15) is 11.4 Å². The molecule has 2 aromatic rings. The van der Waals surface area contributed by atoms with Crippen LogP contribution in [0, 0.1) is 13.8 Å². The molecule has 1 heterocycles. The van der Waals surface area contributed by atoms with Gasteiger partial charge in [0.25, 0.3) is 0 Å². The van der Waals surface area contributed by atoms with E-state index in [4.69, 9.17) is 26.3 Å². The Kier molecular flexibility index (Phi) is 8.12. The summed E-state index contributed by atoms with van der Waals surface area (Å²) in [5.41, 5.74) is 3.70. The zero-order valence-corrected chi connectivity index (χ0v) is 22.8. The Morgan fingerprint density at radius 2 is 1.60 bits per heavy atom. The van der Waals surface area contributed by atoms with Gasteiger partial charge in [-0.05, 0) is 69.4 Å². The first-order chi connectivity index (χ1) is 16.9. The Bertz CT molecular complexity index is 1100. The molecular formula is C27H36N3O3PS. The molecule has 8 heteroatoms. The van der Waals surface area contributed by atoms with Crippen LogP contribution in [-0.2, 0) is 13.6 Å². The molecule has 2 aromatic carbocycles. The first kappa shape index (κ1) is 26.0. The molecule has 1 aliphatic heterocycles. The minimum atomic E-state index is -3.62. The van der Waals surface area contributed by atoms with Crippen molar-refractivity contribution in [1.82, 2.24) is 4.90 Å². The van der Waals surface area contributed by atoms with Gasteiger partial charge in [0.05, 0.1) is 13.2 Å². The number of benzene rings is 2. The summed E-state index contributed by atoms with van der Waals surface area (Å²) in [5.74, 6) is 0.148. The SMILES string of the molecule is CCOP(=O)(OCC)[C@@H](c1ccccc1)N1C(=S)N=C(Nc2c(C)cccc2C)C12CCCCC2. The second-order valence-corrected chi connectivity index (χ2v) is 11.7. The molecule has 0 saturated heterocycles. The molecule has 0 radical (unpaired) electrons. The van der Waals surface area contributed by atoms with E-state index in [1.807, 2.05) is 44.2 Å². The fourth-order valence-corrected chi connectivity index (χ4v) is 8.09. The standard InChI is InChI=1S/C27H36N3O3PS/c1-5-32-34(31,33-6-2)24(22-16-9-7-10-17-22)30-26(35)29-25(27(30)18-11-8-12-19-27)28-23-20(3)14-13-15-21(23)4/h7,9-10,13-17,24H,5-6,8,11-12,18-19H2,1-4H3,(H,28,29,35)/t24-/m0/s1. The van der Waals surface area contributed by atoms with Crippen molar-refractivity contribution >= 4 is 36.4 Å². The molecule has 1 aliphatic carbocycles. The zero-order chi connectivity index (χ0) is 25.1. The molecule has 1 fully saturated rings. The summed E-state index contributed by atoms with van der Waals surface area (Å²) in [6.07, 6.45) is 4.98. The summed E-state index contributed by atoms with van der Waals surface area (Å²) >= 11 is 5.93. The van der Waals surface area contributed by atoms with E-state index in [1.165, 1.54) is 0 Å². The number of aryl methyl sites for hydroxylation is 2. The molecular weight excluding hydrogens is 477 g/mol. The quantitative estimate of drug-likeness (QED) is 0.293. The highest BCUT2D eigenvalue weighted by Crippen LogP contribution is 2.65. The summed E-state index contributed by atoms with van der Waals surface area (Å²) in [6, 6.07) is 16.1. The minimum absolute atomic E-state index is 0.280. The summed E-state index contributed by atoms with van der Waals surface area (Å²) in [6.45, 7) is 8.44. The maximum atomic E-state index is 14.4. The molecule has 0 amide bonds. The second kappa shape index (κ2) is 10.9. The summed E-state index contributed by atoms with van der Waals surface area (Å²) in [7, 11) is -3.62. The lowest BCUT2D eigenvalue weighted by Gasteiger charge is -2.47. The molecule has 6 nitrogen and oxygen atoms in total. The Morgan fingerprint density at radius 3 is 2.17 bits per heavy atom. The Labute approximate surface area is 214 Å². The molecule has 188 valence electrons. The minimum Gasteiger partial charge on any atom is -0.341 e. The molecule has 1 spiro atoms. The average molecular weight is 514 g/mol. The molecule has 2 aliphatic rings. The predicted molar refractivity (Wildman–Crippen MR) is 147 cm³/mol. The predicted octanol–water partition coefficient (Wildman–Crippen LogP) is 7.38. The Morgan fingerprint density at radius 1 is 1.00 bits per heavy atom. The van der Waals surface area contributed by atoms with E-state index < -0.39 is 18.9 Å². The molecule has 1 saturated carbocycles. The number of hydrogen-bond donors (Lipinski definition) is 1. The molecule has 0 unspecified atom stereocenters. The maximum absolute atomic E-state index is 14.4. The van der Waals surface area contributed by atoms with Crippen LogP contribution < -0.4 is 5.32 Å². The highest BCUT2D eigenvalue weighted by atomic mass is 32.1. The van der Waals surface area contributed by atoms with Crippen molar-refractivity contribution in [3.8, 4) is 0 Å². The second-order valence-electron chi connectivity index (χ2n) is 9.26. The van der Waals surface area contributed by atoms with Gasteiger partial charge in [-0.2, -0.15) is 0 Å². The third kappa shape index (κ3) is 4.97. The van der Waals surface area contributed by atoms with Crippen LogP contribution in [0.25, 0.3) is 0 Å². The van der Waals surface area contributed by atoms with Crippen LogP contribution in [0.1, 0.15) is 68.4 Å². The summed E-state index contributed by atoms with van der Waals surface area (Å²) < 4.78 is 26.3. The molecule has 0 bridgehead atoms. The Balaban J connectivity index is 1.86. The van der Waals surface area contributed by atoms with Crippen LogP contribution in [0.15, 0.2) is 53.5 Å². The number of hydrogen-bond acceptors (Lipinski definition) is 5. The fraction of sp³-hybridized carbons (Fsp3) is 0.481. The van der Waals surface area contributed by atoms with Crippen LogP contribution in [-0.4, -0.2) is 34.6 Å². The van der Waals surface area contributed by atoms with Crippen LogP contribution in [0.5, 0.6) is 0 Å². The van der Waals surface area contributed by atoms with Gasteiger partial charge < -0.3 is 19.3 Å². The van der Waals surface area contributed by atoms with Gasteiger partial charge in [0, 0.05) is 5.69 Å². The van der Waals surface area contributed by atoms with Gasteiger partial charge in [-0.15, -0.1) is 0 Å². The lowest BCUT2D eigenvalue weighted by Crippen LogP contribution is -2.56. The van der Waals surface area contributed by atoms with E-state index >= 15 is 0 Å². The van der Waals surface area contributed by atoms with Gasteiger partial charge in [-0.25, -0.2) is 4.99 Å². The third-order valence-electron chi connectivity index (χ3n) is 6.98. The number of aliphatic imine (C=N–C) groups is 1. The number of nitrogens with one attached hydrogen (secondary N) is 1. The highest BCUT2D eigenvalue weighted by Gasteiger charge is 2.56. The van der Waals surface area contributed by atoms with E-state index in [0.717, 1.165) is 60.3 Å². The molecule has 35 heavy (non-hydrogen) atoms. The van der Waals surface area contributed by atoms with Gasteiger partial charge >= 0.3 is 7.60 Å². The molecule has 4 rings (SSSR count). The van der Waals surface area contributed by atoms with Gasteiger partial charge in [0.2, 0.25) is 0 Å². The summed E-state index contributed by atoms with van der Waals surface area (Å²) in [5, 5.41) is 4.09. The number of amidine groups is 1. The largest absolute Gasteiger partial charge is 0.357 e. The van der Waals surface area contributed by atoms with Crippen molar-refractivity contribution in [2.24, 2.45) is 4.99 Å². The summed E-state index contributed by atoms with van der Waals surface area (Å²) in [4.78, 5) is 7.02. The first-order valence-corrected chi connectivity index (χ1v) is 14.6. The molecule has 0 aromatic heterocycles. The van der Waals surface area contributed by atoms with Crippen LogP contribution in [0.3, 0.4) is 0 Å². The third-order valence-corrected chi connectivity index (χ3v) is 9.63. The molecule has 1 N–H and O–H groups in total. The van der Waals surface area contributed by atoms with Crippen LogP contribution in [0.2, 0.25) is 0 Å². The lowest BCUT2D eigenvalue weighted by molar-refractivity contribution is 0.141. The smallest absolute Gasteiger partial charge is 0.341 e. The van der Waals surface area contributed by atoms with Crippen molar-refractivity contribution in [2.45, 2.75) is 71.1 Å². The van der Waals surface area contributed by atoms with Crippen molar-refractivity contribution in [1.29, 1.82) is 0 Å². The fourth-order valence-electron chi connectivity index (χ4n) is 5.41. The van der Waals surface area contributed by atoms with E-state index in [-0.39, 0.29) is 13.2 Å². The van der Waals surface area contributed by atoms with E-state index in [2.05, 4.69) is 42.3 Å². The van der Waals surface area contributed by atoms with E-state index in [1.54, 1.807) is 0 Å². The maximum Gasteiger partial charge on any atom is 0.357 e. The normalized spacial score (nSPS) is 18.6. The number of rotatable bonds is 8. The lowest BCUT2D eigenvalue weighted by atomic mass is 9.79. The number of nitrogens with zero attached hydrogens (tertiary/aromatic N) is 2. The van der Waals surface area contributed by atoms with Crippen molar-refractivity contribution < 1.29 is 13.6 Å². The van der Waals surface area contributed by atoms with Crippen LogP contribution >= 0.6 is 19.8 Å². The number of thiocarbonyl (C=S) groups is 1. The number of para-hydroxylation sites is 1. The highest BCUT2D eigenvalue weighted by molar-refractivity contribution is 7.80. The van der Waals surface area contributed by atoms with E-state index in [9.17, 15) is 4.57 Å². The average Bonchev–Trinajstić information content (AvgIpc) is 3.08. The van der Waals surface area contributed by atoms with Crippen molar-refractivity contribution in [3.63, 3.8) is 0 Å². The first-order valence-electron chi connectivity index (χ1n) is 12.6. The molecule has 1 atom stereocenters. The Hall–Kier alpha value is -2.05. The number of anilines is 1. The van der Waals surface area contributed by atoms with Crippen molar-refractivity contribution in [3.05, 3.63) is 65.2 Å². The topological polar surface area (TPSA) is 63.2 Å². The van der Waals surface area contributed by atoms with Gasteiger partial charge in [0.15, 0.2) is 10.9 Å².